The average Bonchev–Trinajstić information content (AvgIpc) is 2.72. The molecule has 0 atom stereocenters. The van der Waals surface area contributed by atoms with Crippen molar-refractivity contribution in [2.75, 3.05) is 57.4 Å². The van der Waals surface area contributed by atoms with E-state index in [0.717, 1.165) is 31.9 Å². The summed E-state index contributed by atoms with van der Waals surface area (Å²) >= 11 is 0. The number of anilines is 1. The fourth-order valence-corrected chi connectivity index (χ4v) is 3.72. The summed E-state index contributed by atoms with van der Waals surface area (Å²) in [6.45, 7) is 7.42. The van der Waals surface area contributed by atoms with Gasteiger partial charge in [0.1, 0.15) is 5.82 Å². The van der Waals surface area contributed by atoms with E-state index in [2.05, 4.69) is 20.1 Å². The number of rotatable bonds is 8. The van der Waals surface area contributed by atoms with E-state index in [4.69, 9.17) is 4.74 Å². The van der Waals surface area contributed by atoms with E-state index in [9.17, 15) is 4.79 Å². The van der Waals surface area contributed by atoms with E-state index in [-0.39, 0.29) is 5.91 Å². The molecular formula is C20H32N4O2. The number of carbonyl (C=O) groups excluding carboxylic acids is 1. The number of hydrogen-bond donors (Lipinski definition) is 1. The lowest BCUT2D eigenvalue weighted by molar-refractivity contribution is 0.0950. The summed E-state index contributed by atoms with van der Waals surface area (Å²) < 4.78 is 5.39. The van der Waals surface area contributed by atoms with Crippen LogP contribution in [-0.2, 0) is 4.74 Å². The number of aromatic nitrogens is 1. The normalized spacial score (nSPS) is 18.7. The Balaban J connectivity index is 1.38. The van der Waals surface area contributed by atoms with Crippen molar-refractivity contribution < 1.29 is 9.53 Å². The molecule has 1 amide bonds. The first kappa shape index (κ1) is 19.1. The summed E-state index contributed by atoms with van der Waals surface area (Å²) in [5.41, 5.74) is 0.669. The highest BCUT2D eigenvalue weighted by Crippen LogP contribution is 2.18. The molecule has 2 saturated heterocycles. The number of carbonyl (C=O) groups is 1. The third-order valence-electron chi connectivity index (χ3n) is 5.23. The van der Waals surface area contributed by atoms with Crippen molar-refractivity contribution in [1.29, 1.82) is 0 Å². The second kappa shape index (κ2) is 10.5. The summed E-state index contributed by atoms with van der Waals surface area (Å²) in [6.07, 6.45) is 9.28. The molecule has 26 heavy (non-hydrogen) atoms. The summed E-state index contributed by atoms with van der Waals surface area (Å²) in [5.74, 6) is 0.758. The van der Waals surface area contributed by atoms with E-state index in [1.54, 1.807) is 6.20 Å². The number of pyridine rings is 1. The third-order valence-corrected chi connectivity index (χ3v) is 5.23. The first-order valence-electron chi connectivity index (χ1n) is 10.1. The van der Waals surface area contributed by atoms with Crippen LogP contribution in [0.2, 0.25) is 0 Å². The average molecular weight is 361 g/mol. The van der Waals surface area contributed by atoms with E-state index in [1.807, 2.05) is 12.1 Å². The quantitative estimate of drug-likeness (QED) is 0.721. The third kappa shape index (κ3) is 5.68. The molecule has 1 aromatic rings. The summed E-state index contributed by atoms with van der Waals surface area (Å²) in [7, 11) is 0. The van der Waals surface area contributed by atoms with Crippen molar-refractivity contribution in [3.8, 4) is 0 Å². The van der Waals surface area contributed by atoms with Crippen LogP contribution in [0.4, 0.5) is 5.82 Å². The van der Waals surface area contributed by atoms with Crippen LogP contribution in [0, 0.1) is 0 Å². The molecule has 0 unspecified atom stereocenters. The number of nitrogens with one attached hydrogen (secondary N) is 1. The van der Waals surface area contributed by atoms with Crippen LogP contribution in [0.5, 0.6) is 0 Å². The zero-order valence-corrected chi connectivity index (χ0v) is 15.8. The van der Waals surface area contributed by atoms with Gasteiger partial charge < -0.3 is 19.9 Å². The lowest BCUT2D eigenvalue weighted by atomic mass is 10.1. The molecule has 1 aromatic heterocycles. The number of nitrogens with zero attached hydrogens (tertiary/aromatic N) is 3. The number of morpholine rings is 1. The van der Waals surface area contributed by atoms with E-state index >= 15 is 0 Å². The summed E-state index contributed by atoms with van der Waals surface area (Å²) in [4.78, 5) is 21.7. The molecule has 0 aliphatic carbocycles. The Labute approximate surface area is 156 Å². The maximum atomic E-state index is 12.6. The molecule has 6 heteroatoms. The largest absolute Gasteiger partial charge is 0.378 e. The molecule has 6 nitrogen and oxygen atoms in total. The summed E-state index contributed by atoms with van der Waals surface area (Å²) in [5, 5.41) is 3.07. The Morgan fingerprint density at radius 3 is 2.69 bits per heavy atom. The number of likely N-dealkylation sites (tertiary alicyclic amines) is 1. The summed E-state index contributed by atoms with van der Waals surface area (Å²) in [6, 6.07) is 3.70. The highest BCUT2D eigenvalue weighted by Gasteiger charge is 2.19. The molecule has 0 aromatic carbocycles. The molecule has 0 bridgehead atoms. The Hall–Kier alpha value is -1.66. The van der Waals surface area contributed by atoms with Crippen molar-refractivity contribution in [3.63, 3.8) is 0 Å². The van der Waals surface area contributed by atoms with Crippen molar-refractivity contribution in [2.24, 2.45) is 0 Å². The van der Waals surface area contributed by atoms with Crippen molar-refractivity contribution in [3.05, 3.63) is 23.9 Å². The molecule has 144 valence electrons. The van der Waals surface area contributed by atoms with Gasteiger partial charge in [0.25, 0.3) is 5.91 Å². The van der Waals surface area contributed by atoms with E-state index in [0.29, 0.717) is 18.8 Å². The van der Waals surface area contributed by atoms with Crippen LogP contribution in [0.3, 0.4) is 0 Å². The fraction of sp³-hybridized carbons (Fsp3) is 0.700. The van der Waals surface area contributed by atoms with Gasteiger partial charge in [0.05, 0.1) is 18.8 Å². The van der Waals surface area contributed by atoms with Gasteiger partial charge >= 0.3 is 0 Å². The predicted molar refractivity (Wildman–Crippen MR) is 104 cm³/mol. The standard InChI is InChI=1S/C20H32N4O2/c25-20(22-9-3-1-4-11-23-12-5-2-6-13-23)18-8-7-10-21-19(18)24-14-16-26-17-15-24/h7-8,10H,1-6,9,11-17H2,(H,22,25). The van der Waals surface area contributed by atoms with Crippen LogP contribution < -0.4 is 10.2 Å². The van der Waals surface area contributed by atoms with E-state index in [1.165, 1.54) is 51.7 Å². The first-order chi connectivity index (χ1) is 12.8. The van der Waals surface area contributed by atoms with Crippen LogP contribution in [-0.4, -0.2) is 68.3 Å². The number of amides is 1. The molecule has 0 spiro atoms. The first-order valence-corrected chi connectivity index (χ1v) is 10.1. The zero-order chi connectivity index (χ0) is 18.0. The van der Waals surface area contributed by atoms with Gasteiger partial charge in [-0.05, 0) is 57.5 Å². The molecule has 3 heterocycles. The number of unbranched alkanes of at least 4 members (excludes halogenated alkanes) is 2. The minimum absolute atomic E-state index is 0.0179. The zero-order valence-electron chi connectivity index (χ0n) is 15.8. The molecule has 0 saturated carbocycles. The Morgan fingerprint density at radius 2 is 1.88 bits per heavy atom. The van der Waals surface area contributed by atoms with Crippen LogP contribution >= 0.6 is 0 Å². The number of ether oxygens (including phenoxy) is 1. The van der Waals surface area contributed by atoms with Gasteiger partial charge in [-0.1, -0.05) is 12.8 Å². The van der Waals surface area contributed by atoms with Gasteiger partial charge in [-0.2, -0.15) is 0 Å². The maximum Gasteiger partial charge on any atom is 0.255 e. The molecule has 2 aliphatic heterocycles. The number of piperidine rings is 1. The maximum absolute atomic E-state index is 12.6. The Bertz CT molecular complexity index is 554. The van der Waals surface area contributed by atoms with Gasteiger partial charge in [-0.25, -0.2) is 4.98 Å². The van der Waals surface area contributed by atoms with Crippen molar-refractivity contribution in [2.45, 2.75) is 38.5 Å². The van der Waals surface area contributed by atoms with Gasteiger partial charge in [-0.15, -0.1) is 0 Å². The van der Waals surface area contributed by atoms with Gasteiger partial charge in [0, 0.05) is 25.8 Å². The van der Waals surface area contributed by atoms with Crippen LogP contribution in [0.1, 0.15) is 48.9 Å². The van der Waals surface area contributed by atoms with Crippen molar-refractivity contribution >= 4 is 11.7 Å². The van der Waals surface area contributed by atoms with Gasteiger partial charge in [-0.3, -0.25) is 4.79 Å². The smallest absolute Gasteiger partial charge is 0.255 e. The second-order valence-corrected chi connectivity index (χ2v) is 7.19. The van der Waals surface area contributed by atoms with Crippen LogP contribution in [0.15, 0.2) is 18.3 Å². The Kier molecular flexibility index (Phi) is 7.70. The van der Waals surface area contributed by atoms with Crippen LogP contribution in [0.25, 0.3) is 0 Å². The monoisotopic (exact) mass is 360 g/mol. The Morgan fingerprint density at radius 1 is 1.08 bits per heavy atom. The fourth-order valence-electron chi connectivity index (χ4n) is 3.72. The molecule has 2 aliphatic rings. The molecular weight excluding hydrogens is 328 g/mol. The lowest BCUT2D eigenvalue weighted by Crippen LogP contribution is -2.38. The highest BCUT2D eigenvalue weighted by atomic mass is 16.5. The minimum Gasteiger partial charge on any atom is -0.378 e. The predicted octanol–water partition coefficient (Wildman–Crippen LogP) is 2.30. The molecule has 0 radical (unpaired) electrons. The van der Waals surface area contributed by atoms with Gasteiger partial charge in [0.15, 0.2) is 0 Å². The molecule has 3 rings (SSSR count). The molecule has 2 fully saturated rings. The second-order valence-electron chi connectivity index (χ2n) is 7.19. The SMILES string of the molecule is O=C(NCCCCCN1CCCCC1)c1cccnc1N1CCOCC1. The lowest BCUT2D eigenvalue weighted by Gasteiger charge is -2.29. The molecule has 1 N–H and O–H groups in total. The highest BCUT2D eigenvalue weighted by molar-refractivity contribution is 5.98. The van der Waals surface area contributed by atoms with E-state index < -0.39 is 0 Å². The number of hydrogen-bond acceptors (Lipinski definition) is 5. The minimum atomic E-state index is -0.0179. The van der Waals surface area contributed by atoms with Crippen molar-refractivity contribution in [1.82, 2.24) is 15.2 Å². The van der Waals surface area contributed by atoms with Gasteiger partial charge in [0.2, 0.25) is 0 Å². The topological polar surface area (TPSA) is 57.7 Å².